The van der Waals surface area contributed by atoms with Gasteiger partial charge in [0.2, 0.25) is 0 Å². The van der Waals surface area contributed by atoms with Gasteiger partial charge in [-0.25, -0.2) is 4.98 Å². The predicted molar refractivity (Wildman–Crippen MR) is 69.0 cm³/mol. The van der Waals surface area contributed by atoms with E-state index in [-0.39, 0.29) is 0 Å². The van der Waals surface area contributed by atoms with Crippen LogP contribution in [0.5, 0.6) is 0 Å². The Morgan fingerprint density at radius 1 is 1.00 bits per heavy atom. The molecule has 4 aromatic rings. The molecule has 0 amide bonds. The fourth-order valence-electron chi connectivity index (χ4n) is 2.24. The van der Waals surface area contributed by atoms with Crippen LogP contribution in [-0.4, -0.2) is 9.97 Å². The van der Waals surface area contributed by atoms with E-state index in [9.17, 15) is 0 Å². The first-order valence-corrected chi connectivity index (χ1v) is 6.04. The topological polar surface area (TPSA) is 28.7 Å². The van der Waals surface area contributed by atoms with Gasteiger partial charge < -0.3 is 4.98 Å². The fourth-order valence-corrected chi connectivity index (χ4v) is 3.03. The summed E-state index contributed by atoms with van der Waals surface area (Å²) in [5.74, 6) is 0. The number of benzene rings is 2. The second-order valence-electron chi connectivity index (χ2n) is 3.86. The third kappa shape index (κ3) is 0.933. The highest BCUT2D eigenvalue weighted by Crippen LogP contribution is 2.32. The molecular weight excluding hydrogens is 216 g/mol. The molecular formula is C13H8N2S. The average molecular weight is 224 g/mol. The van der Waals surface area contributed by atoms with E-state index in [4.69, 9.17) is 0 Å². The normalized spacial score (nSPS) is 11.8. The van der Waals surface area contributed by atoms with Crippen molar-refractivity contribution >= 4 is 43.4 Å². The molecule has 0 atom stereocenters. The molecule has 0 unspecified atom stereocenters. The van der Waals surface area contributed by atoms with E-state index in [1.54, 1.807) is 11.3 Å². The minimum Gasteiger partial charge on any atom is -0.353 e. The van der Waals surface area contributed by atoms with E-state index >= 15 is 0 Å². The van der Waals surface area contributed by atoms with Gasteiger partial charge >= 0.3 is 0 Å². The Balaban J connectivity index is 2.38. The zero-order valence-electron chi connectivity index (χ0n) is 8.40. The Morgan fingerprint density at radius 2 is 1.94 bits per heavy atom. The summed E-state index contributed by atoms with van der Waals surface area (Å²) in [5.41, 5.74) is 5.37. The van der Waals surface area contributed by atoms with Crippen molar-refractivity contribution in [3.63, 3.8) is 0 Å². The van der Waals surface area contributed by atoms with Crippen LogP contribution >= 0.6 is 11.3 Å². The molecule has 4 rings (SSSR count). The predicted octanol–water partition coefficient (Wildman–Crippen LogP) is 3.93. The summed E-state index contributed by atoms with van der Waals surface area (Å²) in [5, 5.41) is 2.57. The van der Waals surface area contributed by atoms with Crippen molar-refractivity contribution in [1.29, 1.82) is 0 Å². The second kappa shape index (κ2) is 2.83. The number of hydrogen-bond acceptors (Lipinski definition) is 2. The maximum Gasteiger partial charge on any atom is 0.0833 e. The zero-order chi connectivity index (χ0) is 10.5. The van der Waals surface area contributed by atoms with Gasteiger partial charge in [0.05, 0.1) is 21.2 Å². The van der Waals surface area contributed by atoms with Gasteiger partial charge in [-0.3, -0.25) is 0 Å². The molecule has 0 radical (unpaired) electrons. The summed E-state index contributed by atoms with van der Waals surface area (Å²) >= 11 is 1.69. The number of nitrogens with zero attached hydrogens (tertiary/aromatic N) is 1. The van der Waals surface area contributed by atoms with Gasteiger partial charge in [0.15, 0.2) is 0 Å². The summed E-state index contributed by atoms with van der Waals surface area (Å²) in [6.07, 6.45) is 0. The zero-order valence-corrected chi connectivity index (χ0v) is 9.21. The van der Waals surface area contributed by atoms with Crippen LogP contribution in [0.1, 0.15) is 0 Å². The van der Waals surface area contributed by atoms with Gasteiger partial charge in [0.1, 0.15) is 0 Å². The Morgan fingerprint density at radius 3 is 2.94 bits per heavy atom. The van der Waals surface area contributed by atoms with Crippen molar-refractivity contribution in [1.82, 2.24) is 9.97 Å². The number of rotatable bonds is 0. The van der Waals surface area contributed by atoms with E-state index in [1.807, 2.05) is 5.51 Å². The first kappa shape index (κ1) is 8.30. The molecule has 0 aliphatic rings. The van der Waals surface area contributed by atoms with Crippen molar-refractivity contribution < 1.29 is 0 Å². The summed E-state index contributed by atoms with van der Waals surface area (Å²) < 4.78 is 1.24. The SMILES string of the molecule is c1ccc2c(c1)[nH]c1c2ccc2ncsc21. The van der Waals surface area contributed by atoms with Gasteiger partial charge in [-0.1, -0.05) is 18.2 Å². The molecule has 0 aliphatic carbocycles. The lowest BCUT2D eigenvalue weighted by Gasteiger charge is -1.91. The van der Waals surface area contributed by atoms with Crippen LogP contribution in [0.25, 0.3) is 32.0 Å². The quantitative estimate of drug-likeness (QED) is 0.481. The molecule has 3 heteroatoms. The maximum atomic E-state index is 4.34. The number of para-hydroxylation sites is 1. The van der Waals surface area contributed by atoms with Crippen molar-refractivity contribution in [3.8, 4) is 0 Å². The van der Waals surface area contributed by atoms with E-state index in [0.717, 1.165) is 5.52 Å². The van der Waals surface area contributed by atoms with Gasteiger partial charge in [-0.2, -0.15) is 0 Å². The number of aromatic nitrogens is 2. The first-order chi connectivity index (χ1) is 7.93. The van der Waals surface area contributed by atoms with Crippen LogP contribution in [0.3, 0.4) is 0 Å². The van der Waals surface area contributed by atoms with Crippen molar-refractivity contribution in [3.05, 3.63) is 41.9 Å². The molecule has 0 fully saturated rings. The number of fused-ring (bicyclic) bond motifs is 5. The Kier molecular flexibility index (Phi) is 1.47. The number of aromatic amines is 1. The molecule has 2 aromatic heterocycles. The van der Waals surface area contributed by atoms with Gasteiger partial charge in [0.25, 0.3) is 0 Å². The molecule has 76 valence electrons. The van der Waals surface area contributed by atoms with Crippen molar-refractivity contribution in [2.75, 3.05) is 0 Å². The van der Waals surface area contributed by atoms with Crippen LogP contribution in [0.2, 0.25) is 0 Å². The number of nitrogens with one attached hydrogen (secondary N) is 1. The average Bonchev–Trinajstić information content (AvgIpc) is 2.92. The smallest absolute Gasteiger partial charge is 0.0833 e. The minimum atomic E-state index is 1.07. The van der Waals surface area contributed by atoms with Crippen LogP contribution in [0, 0.1) is 0 Å². The first-order valence-electron chi connectivity index (χ1n) is 5.16. The molecule has 0 saturated heterocycles. The third-order valence-corrected chi connectivity index (χ3v) is 3.84. The highest BCUT2D eigenvalue weighted by Gasteiger charge is 2.07. The second-order valence-corrected chi connectivity index (χ2v) is 4.71. The summed E-state index contributed by atoms with van der Waals surface area (Å²) in [7, 11) is 0. The third-order valence-electron chi connectivity index (χ3n) is 2.98. The monoisotopic (exact) mass is 224 g/mol. The summed E-state index contributed by atoms with van der Waals surface area (Å²) in [6.45, 7) is 0. The van der Waals surface area contributed by atoms with Gasteiger partial charge in [-0.05, 0) is 18.2 Å². The van der Waals surface area contributed by atoms with E-state index in [2.05, 4.69) is 46.4 Å². The molecule has 1 N–H and O–H groups in total. The molecule has 0 bridgehead atoms. The molecule has 16 heavy (non-hydrogen) atoms. The molecule has 2 heterocycles. The van der Waals surface area contributed by atoms with Crippen LogP contribution in [0.15, 0.2) is 41.9 Å². The Labute approximate surface area is 95.5 Å². The molecule has 0 aliphatic heterocycles. The largest absolute Gasteiger partial charge is 0.353 e. The molecule has 2 aromatic carbocycles. The van der Waals surface area contributed by atoms with E-state index in [0.29, 0.717) is 0 Å². The Bertz CT molecular complexity index is 810. The summed E-state index contributed by atoms with van der Waals surface area (Å²) in [6, 6.07) is 12.6. The molecule has 0 spiro atoms. The summed E-state index contributed by atoms with van der Waals surface area (Å²) in [4.78, 5) is 7.82. The van der Waals surface area contributed by atoms with Crippen LogP contribution in [0.4, 0.5) is 0 Å². The minimum absolute atomic E-state index is 1.07. The van der Waals surface area contributed by atoms with E-state index < -0.39 is 0 Å². The highest BCUT2D eigenvalue weighted by molar-refractivity contribution is 7.17. The number of thiazole rings is 1. The maximum absolute atomic E-state index is 4.34. The number of hydrogen-bond donors (Lipinski definition) is 1. The molecule has 0 saturated carbocycles. The lowest BCUT2D eigenvalue weighted by Crippen LogP contribution is -1.69. The van der Waals surface area contributed by atoms with Crippen LogP contribution < -0.4 is 0 Å². The lowest BCUT2D eigenvalue weighted by molar-refractivity contribution is 1.50. The standard InChI is InChI=1S/C13H8N2S/c1-2-4-10-8(3-1)9-5-6-11-13(12(9)15-10)16-7-14-11/h1-7,15H. The lowest BCUT2D eigenvalue weighted by atomic mass is 10.1. The molecule has 2 nitrogen and oxygen atoms in total. The highest BCUT2D eigenvalue weighted by atomic mass is 32.1. The van der Waals surface area contributed by atoms with Crippen molar-refractivity contribution in [2.24, 2.45) is 0 Å². The fraction of sp³-hybridized carbons (Fsp3) is 0. The van der Waals surface area contributed by atoms with E-state index in [1.165, 1.54) is 26.5 Å². The van der Waals surface area contributed by atoms with Gasteiger partial charge in [0, 0.05) is 16.3 Å². The Hall–Kier alpha value is -1.87. The number of H-pyrrole nitrogens is 1. The van der Waals surface area contributed by atoms with Crippen LogP contribution in [-0.2, 0) is 0 Å². The van der Waals surface area contributed by atoms with Crippen molar-refractivity contribution in [2.45, 2.75) is 0 Å². The van der Waals surface area contributed by atoms with Gasteiger partial charge in [-0.15, -0.1) is 11.3 Å².